The lowest BCUT2D eigenvalue weighted by atomic mass is 10.3. The van der Waals surface area contributed by atoms with Gasteiger partial charge in [0.05, 0.1) is 19.5 Å². The van der Waals surface area contributed by atoms with Crippen molar-refractivity contribution < 1.29 is 18.9 Å². The van der Waals surface area contributed by atoms with Crippen LogP contribution in [-0.2, 0) is 4.57 Å². The van der Waals surface area contributed by atoms with Gasteiger partial charge in [-0.15, -0.1) is 0 Å². The Morgan fingerprint density at radius 2 is 1.63 bits per heavy atom. The summed E-state index contributed by atoms with van der Waals surface area (Å²) < 4.78 is 23.1. The molecule has 2 aromatic carbocycles. The van der Waals surface area contributed by atoms with E-state index in [2.05, 4.69) is 0 Å². The van der Waals surface area contributed by atoms with Crippen molar-refractivity contribution in [1.82, 2.24) is 0 Å². The van der Waals surface area contributed by atoms with Crippen molar-refractivity contribution in [3.8, 4) is 11.5 Å². The molecule has 1 N–H and O–H groups in total. The van der Waals surface area contributed by atoms with Crippen molar-refractivity contribution in [3.63, 3.8) is 0 Å². The Labute approximate surface area is 112 Å². The molecule has 100 valence electrons. The highest BCUT2D eigenvalue weighted by molar-refractivity contribution is 7.73. The molecule has 2 aromatic rings. The molecule has 0 aliphatic heterocycles. The lowest BCUT2D eigenvalue weighted by Crippen LogP contribution is -2.17. The first-order chi connectivity index (χ1) is 9.11. The third-order valence-corrected chi connectivity index (χ3v) is 4.82. The highest BCUT2D eigenvalue weighted by atomic mass is 31.2. The molecule has 0 radical (unpaired) electrons. The van der Waals surface area contributed by atoms with Gasteiger partial charge in [0, 0.05) is 5.30 Å². The van der Waals surface area contributed by atoms with Crippen LogP contribution in [0.15, 0.2) is 48.5 Å². The van der Waals surface area contributed by atoms with E-state index >= 15 is 0 Å². The molecule has 0 aliphatic carbocycles. The van der Waals surface area contributed by atoms with Gasteiger partial charge in [-0.25, -0.2) is 0 Å². The Kier molecular flexibility index (Phi) is 3.93. The quantitative estimate of drug-likeness (QED) is 0.868. The summed E-state index contributed by atoms with van der Waals surface area (Å²) >= 11 is 0. The fourth-order valence-corrected chi connectivity index (χ4v) is 3.50. The van der Waals surface area contributed by atoms with Crippen LogP contribution in [0.3, 0.4) is 0 Å². The van der Waals surface area contributed by atoms with Crippen LogP contribution in [0.25, 0.3) is 0 Å². The normalized spacial score (nSPS) is 13.6. The van der Waals surface area contributed by atoms with Crippen molar-refractivity contribution in [3.05, 3.63) is 48.5 Å². The fourth-order valence-electron chi connectivity index (χ4n) is 1.88. The van der Waals surface area contributed by atoms with E-state index in [-0.39, 0.29) is 5.30 Å². The van der Waals surface area contributed by atoms with Gasteiger partial charge in [0.1, 0.15) is 0 Å². The summed E-state index contributed by atoms with van der Waals surface area (Å²) in [6, 6.07) is 13.4. The summed E-state index contributed by atoms with van der Waals surface area (Å²) in [6.07, 6.45) is 0. The van der Waals surface area contributed by atoms with E-state index in [0.717, 1.165) is 0 Å². The molecule has 4 nitrogen and oxygen atoms in total. The molecule has 1 atom stereocenters. The number of benzene rings is 2. The topological polar surface area (TPSA) is 55.8 Å². The van der Waals surface area contributed by atoms with Gasteiger partial charge in [0.2, 0.25) is 0 Å². The maximum atomic E-state index is 12.7. The molecule has 0 heterocycles. The molecule has 19 heavy (non-hydrogen) atoms. The summed E-state index contributed by atoms with van der Waals surface area (Å²) in [6.45, 7) is 0. The summed E-state index contributed by atoms with van der Waals surface area (Å²) in [5.74, 6) is 0.727. The van der Waals surface area contributed by atoms with Crippen LogP contribution in [0.4, 0.5) is 0 Å². The van der Waals surface area contributed by atoms with Gasteiger partial charge in [-0.05, 0) is 24.3 Å². The van der Waals surface area contributed by atoms with Crippen LogP contribution in [-0.4, -0.2) is 19.1 Å². The first kappa shape index (κ1) is 13.7. The van der Waals surface area contributed by atoms with E-state index in [1.54, 1.807) is 48.5 Å². The van der Waals surface area contributed by atoms with Crippen LogP contribution in [0, 0.1) is 0 Å². The average Bonchev–Trinajstić information content (AvgIpc) is 2.47. The zero-order valence-electron chi connectivity index (χ0n) is 10.7. The molecule has 0 aromatic heterocycles. The highest BCUT2D eigenvalue weighted by Crippen LogP contribution is 2.43. The molecule has 0 bridgehead atoms. The van der Waals surface area contributed by atoms with Gasteiger partial charge in [-0.1, -0.05) is 24.3 Å². The number of methoxy groups -OCH3 is 2. The van der Waals surface area contributed by atoms with E-state index in [4.69, 9.17) is 9.47 Å². The molecule has 0 saturated heterocycles. The summed E-state index contributed by atoms with van der Waals surface area (Å²) in [5.41, 5.74) is 0. The highest BCUT2D eigenvalue weighted by Gasteiger charge is 2.29. The van der Waals surface area contributed by atoms with Crippen molar-refractivity contribution in [2.75, 3.05) is 14.2 Å². The average molecular weight is 278 g/mol. The Morgan fingerprint density at radius 1 is 0.947 bits per heavy atom. The van der Waals surface area contributed by atoms with Crippen molar-refractivity contribution in [2.45, 2.75) is 0 Å². The Balaban J connectivity index is 2.61. The van der Waals surface area contributed by atoms with Crippen molar-refractivity contribution in [1.29, 1.82) is 0 Å². The molecule has 0 fully saturated rings. The zero-order chi connectivity index (χ0) is 13.9. The van der Waals surface area contributed by atoms with E-state index in [0.29, 0.717) is 16.8 Å². The molecule has 0 aliphatic rings. The predicted octanol–water partition coefficient (Wildman–Crippen LogP) is 1.92. The number of ether oxygens (including phenoxy) is 2. The van der Waals surface area contributed by atoms with E-state index in [9.17, 15) is 9.46 Å². The van der Waals surface area contributed by atoms with Gasteiger partial charge >= 0.3 is 0 Å². The number of rotatable bonds is 4. The molecular formula is C14H15O4P. The second-order valence-electron chi connectivity index (χ2n) is 3.92. The molecule has 0 saturated carbocycles. The Bertz CT molecular complexity index is 610. The van der Waals surface area contributed by atoms with Crippen LogP contribution < -0.4 is 20.1 Å². The molecule has 1 unspecified atom stereocenters. The number of hydrogen-bond acceptors (Lipinski definition) is 3. The molecular weight excluding hydrogens is 263 g/mol. The van der Waals surface area contributed by atoms with Crippen LogP contribution in [0.1, 0.15) is 0 Å². The van der Waals surface area contributed by atoms with Crippen LogP contribution in [0.2, 0.25) is 0 Å². The molecule has 2 rings (SSSR count). The predicted molar refractivity (Wildman–Crippen MR) is 75.1 cm³/mol. The fraction of sp³-hybridized carbons (Fsp3) is 0.143. The number of hydrogen-bond donors (Lipinski definition) is 1. The van der Waals surface area contributed by atoms with Gasteiger partial charge in [0.25, 0.3) is 7.37 Å². The Hall–Kier alpha value is -1.77. The summed E-state index contributed by atoms with van der Waals surface area (Å²) in [7, 11) is -0.753. The smallest absolute Gasteiger partial charge is 0.262 e. The third-order valence-electron chi connectivity index (χ3n) is 2.81. The lowest BCUT2D eigenvalue weighted by Gasteiger charge is -2.17. The Morgan fingerprint density at radius 3 is 2.21 bits per heavy atom. The minimum Gasteiger partial charge on any atom is -0.493 e. The van der Waals surface area contributed by atoms with Gasteiger partial charge in [-0.3, -0.25) is 4.57 Å². The number of para-hydroxylation sites is 1. The standard InChI is InChI=1S/C14H15O4P/c1-17-12-9-6-10-13(14(12)18-2)19(15,16)11-7-4-3-5-8-11/h3-10H,1-2H3,(H,15,16). The van der Waals surface area contributed by atoms with Crippen molar-refractivity contribution in [2.24, 2.45) is 0 Å². The van der Waals surface area contributed by atoms with Crippen LogP contribution >= 0.6 is 7.37 Å². The summed E-state index contributed by atoms with van der Waals surface area (Å²) in [5, 5.41) is 0.599. The first-order valence-corrected chi connectivity index (χ1v) is 7.37. The van der Waals surface area contributed by atoms with Crippen molar-refractivity contribution >= 4 is 18.0 Å². The van der Waals surface area contributed by atoms with Gasteiger partial charge in [0.15, 0.2) is 11.5 Å². The lowest BCUT2D eigenvalue weighted by molar-refractivity contribution is 0.356. The maximum Gasteiger partial charge on any atom is 0.262 e. The van der Waals surface area contributed by atoms with Crippen LogP contribution in [0.5, 0.6) is 11.5 Å². The second-order valence-corrected chi connectivity index (χ2v) is 6.07. The molecule has 0 spiro atoms. The van der Waals surface area contributed by atoms with E-state index in [1.807, 2.05) is 0 Å². The minimum atomic E-state index is -3.70. The van der Waals surface area contributed by atoms with E-state index < -0.39 is 7.37 Å². The first-order valence-electron chi connectivity index (χ1n) is 5.71. The third kappa shape index (κ3) is 2.50. The van der Waals surface area contributed by atoms with Gasteiger partial charge in [-0.2, -0.15) is 0 Å². The monoisotopic (exact) mass is 278 g/mol. The van der Waals surface area contributed by atoms with Gasteiger partial charge < -0.3 is 14.4 Å². The minimum absolute atomic E-state index is 0.237. The summed E-state index contributed by atoms with van der Waals surface area (Å²) in [4.78, 5) is 10.4. The molecule has 5 heteroatoms. The maximum absolute atomic E-state index is 12.7. The largest absolute Gasteiger partial charge is 0.493 e. The van der Waals surface area contributed by atoms with E-state index in [1.165, 1.54) is 14.2 Å². The zero-order valence-corrected chi connectivity index (χ0v) is 11.6. The molecule has 0 amide bonds. The SMILES string of the molecule is COc1cccc(P(=O)(O)c2ccccc2)c1OC. The second kappa shape index (κ2) is 5.47.